The number of carbonyl (C=O) groups is 1. The molecule has 0 aliphatic heterocycles. The summed E-state index contributed by atoms with van der Waals surface area (Å²) < 4.78 is 59.7. The summed E-state index contributed by atoms with van der Waals surface area (Å²) in [6.45, 7) is 0.0816. The Morgan fingerprint density at radius 1 is 1.06 bits per heavy atom. The number of hydrogen-bond donors (Lipinski definition) is 1. The summed E-state index contributed by atoms with van der Waals surface area (Å²) in [5.74, 6) is -1.48. The minimum atomic E-state index is -4.15. The monoisotopic (exact) mass is 480 g/mol. The summed E-state index contributed by atoms with van der Waals surface area (Å²) in [6, 6.07) is 12.9. The quantitative estimate of drug-likeness (QED) is 0.532. The summed E-state index contributed by atoms with van der Waals surface area (Å²) in [4.78, 5) is 13.9. The Bertz CT molecular complexity index is 1250. The first kappa shape index (κ1) is 23.5. The minimum Gasteiger partial charge on any atom is -0.494 e. The number of anilines is 1. The van der Waals surface area contributed by atoms with Gasteiger partial charge in [-0.15, -0.1) is 0 Å². The molecule has 0 radical (unpaired) electrons. The highest BCUT2D eigenvalue weighted by molar-refractivity contribution is 7.92. The predicted molar refractivity (Wildman–Crippen MR) is 117 cm³/mol. The molecule has 0 heterocycles. The first-order valence-electron chi connectivity index (χ1n) is 9.26. The molecule has 0 aromatic heterocycles. The number of nitrogens with zero attached hydrogens (tertiary/aromatic N) is 1. The van der Waals surface area contributed by atoms with Crippen LogP contribution in [0, 0.1) is 11.6 Å². The molecule has 3 aromatic carbocycles. The third-order valence-corrected chi connectivity index (χ3v) is 6.41. The number of benzene rings is 3. The lowest BCUT2D eigenvalue weighted by molar-refractivity contribution is 0.0784. The van der Waals surface area contributed by atoms with Crippen LogP contribution in [0.5, 0.6) is 5.75 Å². The summed E-state index contributed by atoms with van der Waals surface area (Å²) in [6.07, 6.45) is 0. The molecule has 1 amide bonds. The van der Waals surface area contributed by atoms with E-state index in [2.05, 4.69) is 4.72 Å². The van der Waals surface area contributed by atoms with E-state index in [-0.39, 0.29) is 33.5 Å². The molecule has 10 heteroatoms. The molecule has 0 aliphatic carbocycles. The molecule has 32 heavy (non-hydrogen) atoms. The number of nitrogens with one attached hydrogen (secondary N) is 1. The number of methoxy groups -OCH3 is 1. The molecule has 0 saturated carbocycles. The standard InChI is InChI=1S/C22H19ClF2N2O4S/c1-27(13-14-3-10-20(31-2)19(25)11-14)22(28)15-4-9-18(23)21(12-15)32(29,30)26-17-7-5-16(24)6-8-17/h3-12,26H,13H2,1-2H3. The van der Waals surface area contributed by atoms with Crippen molar-refractivity contribution in [1.29, 1.82) is 0 Å². The molecule has 0 saturated heterocycles. The van der Waals surface area contributed by atoms with E-state index in [1.165, 1.54) is 55.5 Å². The SMILES string of the molecule is COc1ccc(CN(C)C(=O)c2ccc(Cl)c(S(=O)(=O)Nc3ccc(F)cc3)c2)cc1F. The Morgan fingerprint density at radius 3 is 2.38 bits per heavy atom. The fraction of sp³-hybridized carbons (Fsp3) is 0.136. The maximum atomic E-state index is 13.9. The van der Waals surface area contributed by atoms with Gasteiger partial charge >= 0.3 is 0 Å². The predicted octanol–water partition coefficient (Wildman–Crippen LogP) is 4.70. The van der Waals surface area contributed by atoms with Crippen LogP contribution in [0.4, 0.5) is 14.5 Å². The molecule has 0 unspecified atom stereocenters. The van der Waals surface area contributed by atoms with Crippen molar-refractivity contribution >= 4 is 33.2 Å². The number of sulfonamides is 1. The largest absolute Gasteiger partial charge is 0.494 e. The summed E-state index contributed by atoms with van der Waals surface area (Å²) >= 11 is 6.07. The second-order valence-corrected chi connectivity index (χ2v) is 8.95. The zero-order valence-corrected chi connectivity index (χ0v) is 18.7. The van der Waals surface area contributed by atoms with Crippen molar-refractivity contribution in [3.8, 4) is 5.75 Å². The Kier molecular flexibility index (Phi) is 7.00. The maximum absolute atomic E-state index is 13.9. The van der Waals surface area contributed by atoms with Crippen LogP contribution in [0.25, 0.3) is 0 Å². The smallest absolute Gasteiger partial charge is 0.263 e. The molecular weight excluding hydrogens is 462 g/mol. The lowest BCUT2D eigenvalue weighted by Crippen LogP contribution is -2.26. The Morgan fingerprint density at radius 2 is 1.75 bits per heavy atom. The van der Waals surface area contributed by atoms with Gasteiger partial charge in [0.15, 0.2) is 11.6 Å². The topological polar surface area (TPSA) is 75.7 Å². The highest BCUT2D eigenvalue weighted by atomic mass is 35.5. The molecule has 0 fully saturated rings. The van der Waals surface area contributed by atoms with Gasteiger partial charge in [-0.05, 0) is 60.2 Å². The molecule has 0 spiro atoms. The first-order chi connectivity index (χ1) is 15.1. The van der Waals surface area contributed by atoms with Crippen LogP contribution in [-0.2, 0) is 16.6 Å². The van der Waals surface area contributed by atoms with Gasteiger partial charge in [-0.1, -0.05) is 17.7 Å². The van der Waals surface area contributed by atoms with Gasteiger partial charge in [0.2, 0.25) is 0 Å². The minimum absolute atomic E-state index is 0.0744. The zero-order valence-electron chi connectivity index (χ0n) is 17.1. The molecular formula is C22H19ClF2N2O4S. The van der Waals surface area contributed by atoms with E-state index in [1.54, 1.807) is 6.07 Å². The lowest BCUT2D eigenvalue weighted by atomic mass is 10.1. The molecule has 0 aliphatic rings. The highest BCUT2D eigenvalue weighted by Crippen LogP contribution is 2.26. The molecule has 6 nitrogen and oxygen atoms in total. The number of ether oxygens (including phenoxy) is 1. The van der Waals surface area contributed by atoms with E-state index in [1.807, 2.05) is 0 Å². The van der Waals surface area contributed by atoms with Gasteiger partial charge < -0.3 is 9.64 Å². The Balaban J connectivity index is 1.82. The van der Waals surface area contributed by atoms with Crippen LogP contribution < -0.4 is 9.46 Å². The van der Waals surface area contributed by atoms with Crippen molar-refractivity contribution in [1.82, 2.24) is 4.90 Å². The van der Waals surface area contributed by atoms with E-state index < -0.39 is 27.6 Å². The second-order valence-electron chi connectivity index (χ2n) is 6.89. The zero-order chi connectivity index (χ0) is 23.5. The summed E-state index contributed by atoms with van der Waals surface area (Å²) in [7, 11) is -1.29. The average molecular weight is 481 g/mol. The number of carbonyl (C=O) groups excluding carboxylic acids is 1. The summed E-state index contributed by atoms with van der Waals surface area (Å²) in [5.41, 5.74) is 0.738. The number of rotatable bonds is 7. The number of halogens is 3. The van der Waals surface area contributed by atoms with Crippen LogP contribution in [0.1, 0.15) is 15.9 Å². The van der Waals surface area contributed by atoms with Crippen LogP contribution in [0.3, 0.4) is 0 Å². The number of hydrogen-bond acceptors (Lipinski definition) is 4. The summed E-state index contributed by atoms with van der Waals surface area (Å²) in [5, 5.41) is -0.0870. The van der Waals surface area contributed by atoms with E-state index in [4.69, 9.17) is 16.3 Å². The fourth-order valence-corrected chi connectivity index (χ4v) is 4.53. The number of amides is 1. The van der Waals surface area contributed by atoms with Crippen molar-refractivity contribution < 1.29 is 26.7 Å². The third kappa shape index (κ3) is 5.35. The van der Waals surface area contributed by atoms with E-state index in [0.717, 1.165) is 18.2 Å². The third-order valence-electron chi connectivity index (χ3n) is 4.55. The van der Waals surface area contributed by atoms with Gasteiger partial charge in [0.25, 0.3) is 15.9 Å². The Hall–Kier alpha value is -3.17. The molecule has 0 atom stereocenters. The van der Waals surface area contributed by atoms with Crippen LogP contribution in [0.2, 0.25) is 5.02 Å². The van der Waals surface area contributed by atoms with Crippen molar-refractivity contribution in [3.63, 3.8) is 0 Å². The maximum Gasteiger partial charge on any atom is 0.263 e. The highest BCUT2D eigenvalue weighted by Gasteiger charge is 2.22. The van der Waals surface area contributed by atoms with Crippen molar-refractivity contribution in [2.75, 3.05) is 18.9 Å². The fourth-order valence-electron chi connectivity index (χ4n) is 2.94. The van der Waals surface area contributed by atoms with Gasteiger partial charge in [-0.2, -0.15) is 0 Å². The molecule has 3 aromatic rings. The van der Waals surface area contributed by atoms with E-state index >= 15 is 0 Å². The van der Waals surface area contributed by atoms with Gasteiger partial charge in [-0.3, -0.25) is 9.52 Å². The van der Waals surface area contributed by atoms with Gasteiger partial charge in [0.05, 0.1) is 12.1 Å². The first-order valence-corrected chi connectivity index (χ1v) is 11.1. The normalized spacial score (nSPS) is 11.2. The van der Waals surface area contributed by atoms with Crippen LogP contribution >= 0.6 is 11.6 Å². The lowest BCUT2D eigenvalue weighted by Gasteiger charge is -2.18. The van der Waals surface area contributed by atoms with Crippen molar-refractivity contribution in [2.24, 2.45) is 0 Å². The average Bonchev–Trinajstić information content (AvgIpc) is 2.75. The van der Waals surface area contributed by atoms with Crippen LogP contribution in [-0.4, -0.2) is 33.4 Å². The van der Waals surface area contributed by atoms with Gasteiger partial charge in [0, 0.05) is 24.8 Å². The van der Waals surface area contributed by atoms with Crippen molar-refractivity contribution in [3.05, 3.63) is 88.4 Å². The van der Waals surface area contributed by atoms with E-state index in [9.17, 15) is 22.0 Å². The van der Waals surface area contributed by atoms with Crippen molar-refractivity contribution in [2.45, 2.75) is 11.4 Å². The van der Waals surface area contributed by atoms with Gasteiger partial charge in [0.1, 0.15) is 10.7 Å². The van der Waals surface area contributed by atoms with Crippen LogP contribution in [0.15, 0.2) is 65.6 Å². The second kappa shape index (κ2) is 9.54. The molecule has 1 N–H and O–H groups in total. The van der Waals surface area contributed by atoms with Gasteiger partial charge in [-0.25, -0.2) is 17.2 Å². The molecule has 0 bridgehead atoms. The van der Waals surface area contributed by atoms with E-state index in [0.29, 0.717) is 5.56 Å². The molecule has 168 valence electrons. The molecule has 3 rings (SSSR count). The Labute approximate surface area is 189 Å².